The minimum atomic E-state index is -0.490. The van der Waals surface area contributed by atoms with E-state index in [1.54, 1.807) is 12.4 Å². The number of aryl methyl sites for hydroxylation is 1. The number of piperidine rings is 1. The summed E-state index contributed by atoms with van der Waals surface area (Å²) in [6, 6.07) is 11.8. The molecule has 5 rings (SSSR count). The van der Waals surface area contributed by atoms with Gasteiger partial charge < -0.3 is 14.4 Å². The molecule has 2 aliphatic rings. The Morgan fingerprint density at radius 3 is 2.48 bits per heavy atom. The highest BCUT2D eigenvalue weighted by Gasteiger charge is 2.41. The molecule has 0 bridgehead atoms. The van der Waals surface area contributed by atoms with Crippen molar-refractivity contribution in [3.63, 3.8) is 0 Å². The van der Waals surface area contributed by atoms with E-state index in [0.717, 1.165) is 27.7 Å². The summed E-state index contributed by atoms with van der Waals surface area (Å²) < 4.78 is 11.6. The van der Waals surface area contributed by atoms with Crippen LogP contribution in [0.5, 0.6) is 0 Å². The summed E-state index contributed by atoms with van der Waals surface area (Å²) in [4.78, 5) is 24.3. The average Bonchev–Trinajstić information content (AvgIpc) is 3.21. The van der Waals surface area contributed by atoms with Crippen molar-refractivity contribution in [1.29, 1.82) is 0 Å². The number of benzene rings is 1. The van der Waals surface area contributed by atoms with Gasteiger partial charge in [-0.15, -0.1) is 0 Å². The Morgan fingerprint density at radius 1 is 1.03 bits per heavy atom. The van der Waals surface area contributed by atoms with Gasteiger partial charge >= 0.3 is 0 Å². The summed E-state index contributed by atoms with van der Waals surface area (Å²) in [5.74, 6) is -0.457. The van der Waals surface area contributed by atoms with Crippen LogP contribution in [0.1, 0.15) is 28.8 Å². The number of likely N-dealkylation sites (tertiary alicyclic amines) is 1. The maximum atomic E-state index is 13.5. The van der Waals surface area contributed by atoms with Gasteiger partial charge in [-0.25, -0.2) is 4.98 Å². The number of amides is 1. The van der Waals surface area contributed by atoms with E-state index in [1.165, 1.54) is 0 Å². The van der Waals surface area contributed by atoms with Crippen LogP contribution in [0.15, 0.2) is 48.8 Å². The van der Waals surface area contributed by atoms with Gasteiger partial charge in [0.2, 0.25) is 0 Å². The van der Waals surface area contributed by atoms with Gasteiger partial charge in [-0.3, -0.25) is 9.78 Å². The first-order valence-electron chi connectivity index (χ1n) is 10.0. The fraction of sp³-hybridized carbons (Fsp3) is 0.348. The van der Waals surface area contributed by atoms with Crippen molar-refractivity contribution in [3.05, 3.63) is 59.9 Å². The van der Waals surface area contributed by atoms with Crippen LogP contribution < -0.4 is 0 Å². The van der Waals surface area contributed by atoms with Gasteiger partial charge in [0.05, 0.1) is 30.0 Å². The fourth-order valence-corrected chi connectivity index (χ4v) is 4.19. The molecular weight excluding hydrogens is 366 g/mol. The van der Waals surface area contributed by atoms with E-state index in [2.05, 4.69) is 4.98 Å². The summed E-state index contributed by atoms with van der Waals surface area (Å²) >= 11 is 0. The van der Waals surface area contributed by atoms with Gasteiger partial charge in [0.15, 0.2) is 5.79 Å². The minimum Gasteiger partial charge on any atom is -0.347 e. The molecule has 1 amide bonds. The Kier molecular flexibility index (Phi) is 4.53. The zero-order valence-corrected chi connectivity index (χ0v) is 16.4. The third-order valence-corrected chi connectivity index (χ3v) is 5.80. The fourth-order valence-electron chi connectivity index (χ4n) is 4.19. The molecule has 2 aromatic heterocycles. The maximum absolute atomic E-state index is 13.5. The lowest BCUT2D eigenvalue weighted by atomic mass is 9.99. The second-order valence-electron chi connectivity index (χ2n) is 7.71. The lowest BCUT2D eigenvalue weighted by Crippen LogP contribution is -2.47. The Labute approximate surface area is 169 Å². The second kappa shape index (κ2) is 7.21. The van der Waals surface area contributed by atoms with Gasteiger partial charge in [-0.05, 0) is 37.3 Å². The number of carbonyl (C=O) groups excluding carboxylic acids is 1. The Hall–Kier alpha value is -2.83. The van der Waals surface area contributed by atoms with Crippen LogP contribution in [0.3, 0.4) is 0 Å². The lowest BCUT2D eigenvalue weighted by molar-refractivity contribution is -0.181. The summed E-state index contributed by atoms with van der Waals surface area (Å²) in [7, 11) is 0. The van der Waals surface area contributed by atoms with E-state index >= 15 is 0 Å². The van der Waals surface area contributed by atoms with Crippen molar-refractivity contribution in [2.24, 2.45) is 0 Å². The molecule has 29 heavy (non-hydrogen) atoms. The lowest BCUT2D eigenvalue weighted by Gasteiger charge is -2.37. The molecule has 0 aliphatic carbocycles. The quantitative estimate of drug-likeness (QED) is 0.670. The maximum Gasteiger partial charge on any atom is 0.254 e. The van der Waals surface area contributed by atoms with Crippen LogP contribution >= 0.6 is 0 Å². The molecule has 2 fully saturated rings. The first kappa shape index (κ1) is 18.2. The molecule has 3 aromatic rings. The average molecular weight is 389 g/mol. The number of carbonyl (C=O) groups is 1. The van der Waals surface area contributed by atoms with Crippen LogP contribution in [0, 0.1) is 6.92 Å². The molecule has 148 valence electrons. The molecule has 0 unspecified atom stereocenters. The topological polar surface area (TPSA) is 64.6 Å². The predicted molar refractivity (Wildman–Crippen MR) is 109 cm³/mol. The summed E-state index contributed by atoms with van der Waals surface area (Å²) in [6.07, 6.45) is 4.89. The van der Waals surface area contributed by atoms with Crippen LogP contribution in [-0.4, -0.2) is 52.9 Å². The number of fused-ring (bicyclic) bond motifs is 1. The number of hydrogen-bond acceptors (Lipinski definition) is 5. The molecule has 0 N–H and O–H groups in total. The van der Waals surface area contributed by atoms with E-state index in [4.69, 9.17) is 14.5 Å². The van der Waals surface area contributed by atoms with E-state index in [0.29, 0.717) is 44.7 Å². The van der Waals surface area contributed by atoms with Gasteiger partial charge in [0.25, 0.3) is 5.91 Å². The van der Waals surface area contributed by atoms with E-state index in [1.807, 2.05) is 48.2 Å². The molecule has 4 heterocycles. The van der Waals surface area contributed by atoms with E-state index < -0.39 is 5.79 Å². The molecule has 6 heteroatoms. The highest BCUT2D eigenvalue weighted by atomic mass is 16.7. The van der Waals surface area contributed by atoms with Crippen molar-refractivity contribution in [2.75, 3.05) is 26.3 Å². The first-order chi connectivity index (χ1) is 14.1. The Bertz CT molecular complexity index is 1050. The van der Waals surface area contributed by atoms with Crippen LogP contribution in [-0.2, 0) is 9.47 Å². The smallest absolute Gasteiger partial charge is 0.254 e. The molecule has 2 aliphatic heterocycles. The normalized spacial score (nSPS) is 18.4. The molecule has 2 saturated heterocycles. The van der Waals surface area contributed by atoms with Crippen LogP contribution in [0.2, 0.25) is 0 Å². The molecule has 0 atom stereocenters. The predicted octanol–water partition coefficient (Wildman–Crippen LogP) is 3.58. The number of nitrogens with zero attached hydrogens (tertiary/aromatic N) is 3. The number of aromatic nitrogens is 2. The zero-order chi connectivity index (χ0) is 19.8. The molecule has 1 aromatic carbocycles. The summed E-state index contributed by atoms with van der Waals surface area (Å²) in [5.41, 5.74) is 4.35. The van der Waals surface area contributed by atoms with Gasteiger partial charge in [-0.1, -0.05) is 11.6 Å². The summed E-state index contributed by atoms with van der Waals surface area (Å²) in [5, 5.41) is 0.890. The van der Waals surface area contributed by atoms with Crippen LogP contribution in [0.25, 0.3) is 22.2 Å². The number of pyridine rings is 2. The van der Waals surface area contributed by atoms with Crippen molar-refractivity contribution in [1.82, 2.24) is 14.9 Å². The number of rotatable bonds is 2. The molecular formula is C23H23N3O3. The van der Waals surface area contributed by atoms with Crippen molar-refractivity contribution in [3.8, 4) is 11.3 Å². The Morgan fingerprint density at radius 2 is 1.76 bits per heavy atom. The van der Waals surface area contributed by atoms with Crippen molar-refractivity contribution >= 4 is 16.8 Å². The number of hydrogen-bond donors (Lipinski definition) is 0. The monoisotopic (exact) mass is 389 g/mol. The molecule has 6 nitrogen and oxygen atoms in total. The molecule has 1 spiro atoms. The van der Waals surface area contributed by atoms with Crippen molar-refractivity contribution in [2.45, 2.75) is 25.6 Å². The highest BCUT2D eigenvalue weighted by Crippen LogP contribution is 2.33. The minimum absolute atomic E-state index is 0.0335. The SMILES string of the molecule is Cc1ccc2nc(-c3ccncc3)cc(C(=O)N3CCC4(CC3)OCCO4)c2c1. The van der Waals surface area contributed by atoms with Gasteiger partial charge in [0, 0.05) is 49.3 Å². The zero-order valence-electron chi connectivity index (χ0n) is 16.4. The largest absolute Gasteiger partial charge is 0.347 e. The third-order valence-electron chi connectivity index (χ3n) is 5.80. The summed E-state index contributed by atoms with van der Waals surface area (Å²) in [6.45, 7) is 4.55. The highest BCUT2D eigenvalue weighted by molar-refractivity contribution is 6.07. The standard InChI is InChI=1S/C23H23N3O3/c1-16-2-3-20-18(14-16)19(15-21(25-20)17-4-8-24-9-5-17)22(27)26-10-6-23(7-11-26)28-12-13-29-23/h2-5,8-9,14-15H,6-7,10-13H2,1H3. The second-order valence-corrected chi connectivity index (χ2v) is 7.71. The first-order valence-corrected chi connectivity index (χ1v) is 10.0. The van der Waals surface area contributed by atoms with E-state index in [-0.39, 0.29) is 5.91 Å². The van der Waals surface area contributed by atoms with Crippen LogP contribution in [0.4, 0.5) is 0 Å². The number of ether oxygens (including phenoxy) is 2. The van der Waals surface area contributed by atoms with Gasteiger partial charge in [0.1, 0.15) is 0 Å². The molecule has 0 radical (unpaired) electrons. The Balaban J connectivity index is 1.52. The van der Waals surface area contributed by atoms with Crippen molar-refractivity contribution < 1.29 is 14.3 Å². The van der Waals surface area contributed by atoms with Gasteiger partial charge in [-0.2, -0.15) is 0 Å². The van der Waals surface area contributed by atoms with E-state index in [9.17, 15) is 4.79 Å². The molecule has 0 saturated carbocycles. The third kappa shape index (κ3) is 3.39.